The first-order valence-corrected chi connectivity index (χ1v) is 10.3. The van der Waals surface area contributed by atoms with E-state index in [0.717, 1.165) is 19.7 Å². The first-order chi connectivity index (χ1) is 11.4. The van der Waals surface area contributed by atoms with Crippen molar-refractivity contribution in [2.45, 2.75) is 6.42 Å². The molecule has 0 unspecified atom stereocenters. The van der Waals surface area contributed by atoms with Gasteiger partial charge in [0.15, 0.2) is 0 Å². The average molecular weight is 458 g/mol. The number of amides is 1. The van der Waals surface area contributed by atoms with Crippen molar-refractivity contribution < 1.29 is 13.2 Å². The van der Waals surface area contributed by atoms with Crippen LogP contribution in [0.1, 0.15) is 5.56 Å². The second kappa shape index (κ2) is 8.48. The van der Waals surface area contributed by atoms with Gasteiger partial charge in [-0.15, -0.1) is 0 Å². The topological polar surface area (TPSA) is 66.5 Å². The summed E-state index contributed by atoms with van der Waals surface area (Å²) in [6.07, 6.45) is 1.80. The van der Waals surface area contributed by atoms with Crippen molar-refractivity contribution >= 4 is 44.2 Å². The first kappa shape index (κ1) is 18.7. The molecule has 2 aromatic rings. The Balaban J connectivity index is 1.96. The van der Waals surface area contributed by atoms with Crippen molar-refractivity contribution in [1.29, 1.82) is 0 Å². The van der Waals surface area contributed by atoms with Crippen LogP contribution in [0.3, 0.4) is 0 Å². The van der Waals surface area contributed by atoms with E-state index >= 15 is 0 Å². The second-order valence-electron chi connectivity index (χ2n) is 5.33. The molecular formula is C17H19IN2O3S. The van der Waals surface area contributed by atoms with Crippen molar-refractivity contribution in [3.8, 4) is 0 Å². The minimum absolute atomic E-state index is 0.228. The average Bonchev–Trinajstić information content (AvgIpc) is 2.54. The van der Waals surface area contributed by atoms with Gasteiger partial charge in [0, 0.05) is 10.1 Å². The summed E-state index contributed by atoms with van der Waals surface area (Å²) >= 11 is 2.14. The second-order valence-corrected chi connectivity index (χ2v) is 8.48. The number of halogens is 1. The summed E-state index contributed by atoms with van der Waals surface area (Å²) in [5.74, 6) is -0.324. The van der Waals surface area contributed by atoms with Gasteiger partial charge in [0.05, 0.1) is 11.9 Å². The van der Waals surface area contributed by atoms with E-state index in [9.17, 15) is 13.2 Å². The predicted octanol–water partition coefficient (Wildman–Crippen LogP) is 2.42. The standard InChI is InChI=1S/C17H19IN2O3S/c1-24(22,23)20(16-9-7-15(18)8-10-16)13-17(21)19-12-11-14-5-3-2-4-6-14/h2-10H,11-13H2,1H3,(H,19,21). The number of carbonyl (C=O) groups is 1. The van der Waals surface area contributed by atoms with Gasteiger partial charge in [-0.2, -0.15) is 0 Å². The van der Waals surface area contributed by atoms with Gasteiger partial charge < -0.3 is 5.32 Å². The number of anilines is 1. The fraction of sp³-hybridized carbons (Fsp3) is 0.235. The van der Waals surface area contributed by atoms with E-state index in [1.54, 1.807) is 24.3 Å². The van der Waals surface area contributed by atoms with Crippen LogP contribution in [-0.2, 0) is 21.2 Å². The Hall–Kier alpha value is -1.61. The number of rotatable bonds is 7. The zero-order valence-corrected chi connectivity index (χ0v) is 16.2. The van der Waals surface area contributed by atoms with Gasteiger partial charge in [-0.05, 0) is 58.8 Å². The molecule has 0 aliphatic heterocycles. The van der Waals surface area contributed by atoms with Crippen LogP contribution < -0.4 is 9.62 Å². The molecule has 7 heteroatoms. The third-order valence-electron chi connectivity index (χ3n) is 3.38. The highest BCUT2D eigenvalue weighted by Crippen LogP contribution is 2.18. The molecule has 0 aliphatic rings. The number of hydrogen-bond donors (Lipinski definition) is 1. The van der Waals surface area contributed by atoms with E-state index in [4.69, 9.17) is 0 Å². The number of benzene rings is 2. The van der Waals surface area contributed by atoms with Crippen molar-refractivity contribution in [3.05, 3.63) is 63.7 Å². The van der Waals surface area contributed by atoms with Gasteiger partial charge in [-0.1, -0.05) is 30.3 Å². The number of nitrogens with one attached hydrogen (secondary N) is 1. The van der Waals surface area contributed by atoms with Crippen LogP contribution in [-0.4, -0.2) is 33.7 Å². The van der Waals surface area contributed by atoms with Crippen LogP contribution in [0.5, 0.6) is 0 Å². The van der Waals surface area contributed by atoms with Gasteiger partial charge in [-0.3, -0.25) is 9.10 Å². The zero-order chi connectivity index (χ0) is 17.6. The summed E-state index contributed by atoms with van der Waals surface area (Å²) in [5.41, 5.74) is 1.60. The lowest BCUT2D eigenvalue weighted by Gasteiger charge is -2.22. The number of nitrogens with zero attached hydrogens (tertiary/aromatic N) is 1. The summed E-state index contributed by atoms with van der Waals surface area (Å²) in [5, 5.41) is 2.77. The quantitative estimate of drug-likeness (QED) is 0.649. The van der Waals surface area contributed by atoms with Crippen molar-refractivity contribution in [2.24, 2.45) is 0 Å². The Morgan fingerprint density at radius 3 is 2.29 bits per heavy atom. The minimum Gasteiger partial charge on any atom is -0.354 e. The number of hydrogen-bond acceptors (Lipinski definition) is 3. The van der Waals surface area contributed by atoms with Crippen LogP contribution in [0.2, 0.25) is 0 Å². The molecule has 24 heavy (non-hydrogen) atoms. The van der Waals surface area contributed by atoms with Crippen molar-refractivity contribution in [3.63, 3.8) is 0 Å². The summed E-state index contributed by atoms with van der Waals surface area (Å²) in [6, 6.07) is 16.8. The minimum atomic E-state index is -3.53. The molecule has 0 aliphatic carbocycles. The highest BCUT2D eigenvalue weighted by Gasteiger charge is 2.20. The smallest absolute Gasteiger partial charge is 0.240 e. The lowest BCUT2D eigenvalue weighted by Crippen LogP contribution is -2.40. The Bertz CT molecular complexity index is 777. The Morgan fingerprint density at radius 1 is 1.08 bits per heavy atom. The van der Waals surface area contributed by atoms with Gasteiger partial charge in [0.1, 0.15) is 6.54 Å². The van der Waals surface area contributed by atoms with Gasteiger partial charge >= 0.3 is 0 Å². The molecule has 0 bridgehead atoms. The fourth-order valence-corrected chi connectivity index (χ4v) is 3.40. The highest BCUT2D eigenvalue weighted by atomic mass is 127. The maximum Gasteiger partial charge on any atom is 0.240 e. The van der Waals surface area contributed by atoms with E-state index in [-0.39, 0.29) is 12.5 Å². The third-order valence-corrected chi connectivity index (χ3v) is 5.24. The molecule has 0 aromatic heterocycles. The lowest BCUT2D eigenvalue weighted by atomic mass is 10.1. The molecular weight excluding hydrogens is 439 g/mol. The van der Waals surface area contributed by atoms with E-state index in [1.807, 2.05) is 30.3 Å². The largest absolute Gasteiger partial charge is 0.354 e. The molecule has 0 spiro atoms. The molecule has 0 fully saturated rings. The van der Waals surface area contributed by atoms with Crippen molar-refractivity contribution in [1.82, 2.24) is 5.32 Å². The van der Waals surface area contributed by atoms with Gasteiger partial charge in [0.2, 0.25) is 15.9 Å². The van der Waals surface area contributed by atoms with Crippen LogP contribution in [0.15, 0.2) is 54.6 Å². The molecule has 1 amide bonds. The molecule has 0 saturated carbocycles. The third kappa shape index (κ3) is 5.79. The SMILES string of the molecule is CS(=O)(=O)N(CC(=O)NCCc1ccccc1)c1ccc(I)cc1. The van der Waals surface area contributed by atoms with Gasteiger partial charge in [0.25, 0.3) is 0 Å². The molecule has 5 nitrogen and oxygen atoms in total. The van der Waals surface area contributed by atoms with Crippen molar-refractivity contribution in [2.75, 3.05) is 23.7 Å². The molecule has 2 rings (SSSR count). The fourth-order valence-electron chi connectivity index (χ4n) is 2.18. The van der Waals surface area contributed by atoms with Gasteiger partial charge in [-0.25, -0.2) is 8.42 Å². The van der Waals surface area contributed by atoms with E-state index in [1.165, 1.54) is 0 Å². The molecule has 0 atom stereocenters. The monoisotopic (exact) mass is 458 g/mol. The summed E-state index contributed by atoms with van der Waals surface area (Å²) in [6.45, 7) is 0.237. The van der Waals surface area contributed by atoms with Crippen LogP contribution in [0, 0.1) is 3.57 Å². The van der Waals surface area contributed by atoms with E-state index in [2.05, 4.69) is 27.9 Å². The normalized spacial score (nSPS) is 11.1. The van der Waals surface area contributed by atoms with Crippen LogP contribution in [0.4, 0.5) is 5.69 Å². The van der Waals surface area contributed by atoms with Crippen LogP contribution in [0.25, 0.3) is 0 Å². The maximum atomic E-state index is 12.1. The Kier molecular flexibility index (Phi) is 6.61. The summed E-state index contributed by atoms with van der Waals surface area (Å²) < 4.78 is 26.1. The Morgan fingerprint density at radius 2 is 1.71 bits per heavy atom. The molecule has 128 valence electrons. The number of sulfonamides is 1. The molecule has 0 heterocycles. The first-order valence-electron chi connectivity index (χ1n) is 7.40. The Labute approximate surface area is 156 Å². The molecule has 1 N–H and O–H groups in total. The summed E-state index contributed by atoms with van der Waals surface area (Å²) in [4.78, 5) is 12.1. The number of carbonyl (C=O) groups excluding carboxylic acids is 1. The summed E-state index contributed by atoms with van der Waals surface area (Å²) in [7, 11) is -3.53. The van der Waals surface area contributed by atoms with E-state index in [0.29, 0.717) is 18.7 Å². The maximum absolute atomic E-state index is 12.1. The predicted molar refractivity (Wildman–Crippen MR) is 105 cm³/mol. The van der Waals surface area contributed by atoms with E-state index < -0.39 is 10.0 Å². The highest BCUT2D eigenvalue weighted by molar-refractivity contribution is 14.1. The molecule has 2 aromatic carbocycles. The zero-order valence-electron chi connectivity index (χ0n) is 13.3. The molecule has 0 radical (unpaired) electrons. The molecule has 0 saturated heterocycles. The van der Waals surface area contributed by atoms with Crippen LogP contribution >= 0.6 is 22.6 Å². The lowest BCUT2D eigenvalue weighted by molar-refractivity contribution is -0.119.